The lowest BCUT2D eigenvalue weighted by atomic mass is 9.92. The summed E-state index contributed by atoms with van der Waals surface area (Å²) in [7, 11) is 4.99. The molecule has 0 radical (unpaired) electrons. The number of methoxy groups -OCH3 is 3. The van der Waals surface area contributed by atoms with E-state index in [0.717, 1.165) is 48.5 Å². The molecule has 0 heterocycles. The highest BCUT2D eigenvalue weighted by atomic mass is 16.5. The summed E-state index contributed by atoms with van der Waals surface area (Å²) in [6, 6.07) is 14.2. The van der Waals surface area contributed by atoms with Crippen molar-refractivity contribution in [3.05, 3.63) is 53.6 Å². The summed E-state index contributed by atoms with van der Waals surface area (Å²) in [4.78, 5) is 0. The number of aliphatic hydroxyl groups excluding tert-OH is 1. The summed E-state index contributed by atoms with van der Waals surface area (Å²) in [6.45, 7) is 2.07. The molecule has 2 aromatic rings. The van der Waals surface area contributed by atoms with Gasteiger partial charge in [0.25, 0.3) is 0 Å². The number of rotatable bonds is 15. The second kappa shape index (κ2) is 14.9. The molecule has 0 spiro atoms. The maximum atomic E-state index is 10.4. The van der Waals surface area contributed by atoms with Gasteiger partial charge in [-0.25, -0.2) is 0 Å². The Kier molecular flexibility index (Phi) is 11.6. The van der Waals surface area contributed by atoms with Crippen LogP contribution in [0.1, 0.15) is 36.8 Å². The number of nitrogens with one attached hydrogen (secondary N) is 1. The minimum absolute atomic E-state index is 0.150. The average Bonchev–Trinajstić information content (AvgIpc) is 2.90. The molecule has 1 aliphatic rings. The third-order valence-corrected chi connectivity index (χ3v) is 6.45. The Balaban J connectivity index is 1.39. The van der Waals surface area contributed by atoms with Crippen LogP contribution in [0.5, 0.6) is 17.2 Å². The van der Waals surface area contributed by atoms with Gasteiger partial charge in [0.1, 0.15) is 18.5 Å². The van der Waals surface area contributed by atoms with E-state index in [2.05, 4.69) is 5.32 Å². The van der Waals surface area contributed by atoms with E-state index in [4.69, 9.17) is 23.7 Å². The van der Waals surface area contributed by atoms with Crippen molar-refractivity contribution in [1.82, 2.24) is 5.32 Å². The zero-order valence-electron chi connectivity index (χ0n) is 21.3. The average molecular weight is 488 g/mol. The first-order chi connectivity index (χ1) is 17.1. The molecule has 1 saturated carbocycles. The van der Waals surface area contributed by atoms with Crippen LogP contribution in [0.3, 0.4) is 0 Å². The summed E-state index contributed by atoms with van der Waals surface area (Å²) >= 11 is 0. The number of benzene rings is 2. The summed E-state index contributed by atoms with van der Waals surface area (Å²) in [5, 5.41) is 14.0. The maximum absolute atomic E-state index is 10.4. The molecule has 1 aliphatic carbocycles. The van der Waals surface area contributed by atoms with Crippen LogP contribution in [-0.2, 0) is 22.3 Å². The van der Waals surface area contributed by atoms with Gasteiger partial charge in [0, 0.05) is 19.7 Å². The van der Waals surface area contributed by atoms with Crippen molar-refractivity contribution in [3.8, 4) is 17.2 Å². The minimum atomic E-state index is -0.586. The van der Waals surface area contributed by atoms with Crippen LogP contribution in [0, 0.1) is 0 Å². The number of ether oxygens (including phenoxy) is 5. The molecular weight excluding hydrogens is 446 g/mol. The molecule has 0 bridgehead atoms. The van der Waals surface area contributed by atoms with Gasteiger partial charge < -0.3 is 34.1 Å². The van der Waals surface area contributed by atoms with Crippen molar-refractivity contribution in [3.63, 3.8) is 0 Å². The predicted octanol–water partition coefficient (Wildman–Crippen LogP) is 3.79. The first-order valence-corrected chi connectivity index (χ1v) is 12.6. The molecule has 0 aliphatic heterocycles. The van der Waals surface area contributed by atoms with Crippen LogP contribution in [0.2, 0.25) is 0 Å². The molecule has 1 fully saturated rings. The predicted molar refractivity (Wildman–Crippen MR) is 137 cm³/mol. The van der Waals surface area contributed by atoms with Gasteiger partial charge in [-0.2, -0.15) is 0 Å². The van der Waals surface area contributed by atoms with Crippen LogP contribution >= 0.6 is 0 Å². The van der Waals surface area contributed by atoms with Crippen molar-refractivity contribution in [2.75, 3.05) is 47.7 Å². The zero-order chi connectivity index (χ0) is 24.9. The van der Waals surface area contributed by atoms with Gasteiger partial charge in [-0.3, -0.25) is 0 Å². The van der Waals surface area contributed by atoms with Crippen molar-refractivity contribution >= 4 is 0 Å². The molecule has 0 amide bonds. The van der Waals surface area contributed by atoms with Gasteiger partial charge in [-0.05, 0) is 61.1 Å². The molecule has 7 nitrogen and oxygen atoms in total. The number of hydrogen-bond acceptors (Lipinski definition) is 7. The molecule has 2 unspecified atom stereocenters. The third-order valence-electron chi connectivity index (χ3n) is 6.45. The van der Waals surface area contributed by atoms with Crippen LogP contribution in [-0.4, -0.2) is 71.1 Å². The first-order valence-electron chi connectivity index (χ1n) is 12.6. The molecule has 0 aromatic heterocycles. The largest absolute Gasteiger partial charge is 0.493 e. The fraction of sp³-hybridized carbons (Fsp3) is 0.571. The van der Waals surface area contributed by atoms with Gasteiger partial charge in [-0.1, -0.05) is 31.0 Å². The normalized spacial score (nSPS) is 18.7. The second-order valence-corrected chi connectivity index (χ2v) is 9.00. The SMILES string of the molecule is COCCc1ccc(OCC(O)CNC2CCCC[C@@H]2OCCc2ccc(OC)c(OC)c2)cc1. The Bertz CT molecular complexity index is 859. The van der Waals surface area contributed by atoms with Crippen LogP contribution < -0.4 is 19.5 Å². The zero-order valence-corrected chi connectivity index (χ0v) is 21.3. The van der Waals surface area contributed by atoms with Gasteiger partial charge in [0.15, 0.2) is 11.5 Å². The molecule has 2 N–H and O–H groups in total. The molecular formula is C28H41NO6. The minimum Gasteiger partial charge on any atom is -0.493 e. The Hall–Kier alpha value is -2.32. The Morgan fingerprint density at radius 2 is 1.60 bits per heavy atom. The van der Waals surface area contributed by atoms with Crippen LogP contribution in [0.15, 0.2) is 42.5 Å². The highest BCUT2D eigenvalue weighted by molar-refractivity contribution is 5.42. The second-order valence-electron chi connectivity index (χ2n) is 9.00. The topological polar surface area (TPSA) is 78.4 Å². The van der Waals surface area contributed by atoms with E-state index in [1.165, 1.54) is 18.4 Å². The fourth-order valence-electron chi connectivity index (χ4n) is 4.41. The lowest BCUT2D eigenvalue weighted by molar-refractivity contribution is 0.00183. The Morgan fingerprint density at radius 1 is 0.886 bits per heavy atom. The van der Waals surface area contributed by atoms with E-state index in [0.29, 0.717) is 19.8 Å². The summed E-state index contributed by atoms with van der Waals surface area (Å²) < 4.78 is 27.9. The van der Waals surface area contributed by atoms with E-state index < -0.39 is 6.10 Å². The van der Waals surface area contributed by atoms with E-state index in [1.54, 1.807) is 21.3 Å². The lowest BCUT2D eigenvalue weighted by Crippen LogP contribution is -2.47. The van der Waals surface area contributed by atoms with Gasteiger partial charge >= 0.3 is 0 Å². The van der Waals surface area contributed by atoms with E-state index in [1.807, 2.05) is 42.5 Å². The summed E-state index contributed by atoms with van der Waals surface area (Å²) in [6.07, 6.45) is 5.69. The Labute approximate surface area is 209 Å². The fourth-order valence-corrected chi connectivity index (χ4v) is 4.41. The Morgan fingerprint density at radius 3 is 2.34 bits per heavy atom. The van der Waals surface area contributed by atoms with Crippen molar-refractivity contribution in [1.29, 1.82) is 0 Å². The maximum Gasteiger partial charge on any atom is 0.160 e. The monoisotopic (exact) mass is 487 g/mol. The van der Waals surface area contributed by atoms with E-state index in [9.17, 15) is 5.11 Å². The van der Waals surface area contributed by atoms with Crippen molar-refractivity contribution < 1.29 is 28.8 Å². The molecule has 3 rings (SSSR count). The third kappa shape index (κ3) is 9.00. The molecule has 0 saturated heterocycles. The lowest BCUT2D eigenvalue weighted by Gasteiger charge is -2.33. The molecule has 2 aromatic carbocycles. The van der Waals surface area contributed by atoms with Gasteiger partial charge in [-0.15, -0.1) is 0 Å². The molecule has 194 valence electrons. The van der Waals surface area contributed by atoms with E-state index >= 15 is 0 Å². The molecule has 35 heavy (non-hydrogen) atoms. The van der Waals surface area contributed by atoms with E-state index in [-0.39, 0.29) is 18.8 Å². The summed E-state index contributed by atoms with van der Waals surface area (Å²) in [5.74, 6) is 2.23. The van der Waals surface area contributed by atoms with Crippen LogP contribution in [0.25, 0.3) is 0 Å². The van der Waals surface area contributed by atoms with Crippen molar-refractivity contribution in [2.45, 2.75) is 56.8 Å². The standard InChI is InChI=1S/C28H41NO6/c1-31-16-14-21-8-11-24(12-9-21)35-20-23(30)19-29-25-6-4-5-7-26(25)34-17-15-22-10-13-27(32-2)28(18-22)33-3/h8-13,18,23,25-26,29-30H,4-7,14-17,19-20H2,1-3H3/t23?,25?,26-/m0/s1. The number of aliphatic hydroxyl groups is 1. The highest BCUT2D eigenvalue weighted by Gasteiger charge is 2.26. The molecule has 7 heteroatoms. The van der Waals surface area contributed by atoms with Crippen LogP contribution in [0.4, 0.5) is 0 Å². The van der Waals surface area contributed by atoms with Crippen molar-refractivity contribution in [2.24, 2.45) is 0 Å². The van der Waals surface area contributed by atoms with Gasteiger partial charge in [0.2, 0.25) is 0 Å². The smallest absolute Gasteiger partial charge is 0.160 e. The number of hydrogen-bond donors (Lipinski definition) is 2. The first kappa shape index (κ1) is 27.3. The molecule has 3 atom stereocenters. The highest BCUT2D eigenvalue weighted by Crippen LogP contribution is 2.28. The quantitative estimate of drug-likeness (QED) is 0.396. The van der Waals surface area contributed by atoms with Gasteiger partial charge in [0.05, 0.1) is 33.5 Å². The summed E-state index contributed by atoms with van der Waals surface area (Å²) in [5.41, 5.74) is 2.36.